The summed E-state index contributed by atoms with van der Waals surface area (Å²) >= 11 is 6.94. The van der Waals surface area contributed by atoms with Crippen molar-refractivity contribution in [1.82, 2.24) is 9.88 Å². The zero-order valence-electron chi connectivity index (χ0n) is 10.8. The SMILES string of the molecule is CCN(CCCN(C)C)c1nc(Cl)c(C(=O)O)s1. The van der Waals surface area contributed by atoms with Crippen LogP contribution in [0.1, 0.15) is 23.0 Å². The maximum Gasteiger partial charge on any atom is 0.349 e. The monoisotopic (exact) mass is 291 g/mol. The van der Waals surface area contributed by atoms with Gasteiger partial charge in [-0.05, 0) is 34.0 Å². The first kappa shape index (κ1) is 15.2. The molecule has 1 aromatic heterocycles. The van der Waals surface area contributed by atoms with Crippen molar-refractivity contribution in [3.05, 3.63) is 10.0 Å². The van der Waals surface area contributed by atoms with Gasteiger partial charge in [-0.15, -0.1) is 0 Å². The summed E-state index contributed by atoms with van der Waals surface area (Å²) in [6.45, 7) is 4.64. The first-order chi connectivity index (χ1) is 8.45. The van der Waals surface area contributed by atoms with Gasteiger partial charge in [-0.2, -0.15) is 0 Å². The molecule has 1 heterocycles. The number of halogens is 1. The molecule has 0 radical (unpaired) electrons. The molecule has 0 aliphatic carbocycles. The highest BCUT2D eigenvalue weighted by molar-refractivity contribution is 7.18. The maximum atomic E-state index is 10.9. The van der Waals surface area contributed by atoms with Crippen molar-refractivity contribution in [3.63, 3.8) is 0 Å². The van der Waals surface area contributed by atoms with Gasteiger partial charge in [-0.25, -0.2) is 9.78 Å². The van der Waals surface area contributed by atoms with Crippen molar-refractivity contribution in [1.29, 1.82) is 0 Å². The lowest BCUT2D eigenvalue weighted by Gasteiger charge is -2.20. The topological polar surface area (TPSA) is 56.7 Å². The number of hydrogen-bond acceptors (Lipinski definition) is 5. The summed E-state index contributed by atoms with van der Waals surface area (Å²) in [5, 5.41) is 9.70. The Morgan fingerprint density at radius 3 is 2.56 bits per heavy atom. The Labute approximate surface area is 116 Å². The van der Waals surface area contributed by atoms with Crippen molar-refractivity contribution in [2.45, 2.75) is 13.3 Å². The number of aromatic nitrogens is 1. The molecule has 18 heavy (non-hydrogen) atoms. The Balaban J connectivity index is 2.70. The molecule has 0 aliphatic heterocycles. The number of carboxylic acid groups (broad SMARTS) is 1. The van der Waals surface area contributed by atoms with Gasteiger partial charge in [0.05, 0.1) is 0 Å². The first-order valence-electron chi connectivity index (χ1n) is 5.75. The van der Waals surface area contributed by atoms with Crippen molar-refractivity contribution < 1.29 is 9.90 Å². The Hall–Kier alpha value is -0.850. The van der Waals surface area contributed by atoms with Crippen LogP contribution in [-0.4, -0.2) is 54.7 Å². The van der Waals surface area contributed by atoms with E-state index in [1.165, 1.54) is 0 Å². The number of anilines is 1. The molecule has 0 aromatic carbocycles. The highest BCUT2D eigenvalue weighted by Gasteiger charge is 2.18. The number of hydrogen-bond donors (Lipinski definition) is 1. The second-order valence-corrected chi connectivity index (χ2v) is 5.49. The second kappa shape index (κ2) is 6.92. The lowest BCUT2D eigenvalue weighted by Crippen LogP contribution is -2.26. The second-order valence-electron chi connectivity index (χ2n) is 4.16. The van der Waals surface area contributed by atoms with E-state index < -0.39 is 5.97 Å². The van der Waals surface area contributed by atoms with Crippen LogP contribution in [0, 0.1) is 0 Å². The van der Waals surface area contributed by atoms with E-state index in [2.05, 4.69) is 9.88 Å². The summed E-state index contributed by atoms with van der Waals surface area (Å²) in [7, 11) is 4.05. The van der Waals surface area contributed by atoms with Gasteiger partial charge in [-0.1, -0.05) is 22.9 Å². The maximum absolute atomic E-state index is 10.9. The van der Waals surface area contributed by atoms with Gasteiger partial charge in [0.25, 0.3) is 0 Å². The summed E-state index contributed by atoms with van der Waals surface area (Å²) in [6.07, 6.45) is 1.00. The van der Waals surface area contributed by atoms with Gasteiger partial charge < -0.3 is 14.9 Å². The van der Waals surface area contributed by atoms with E-state index in [9.17, 15) is 4.79 Å². The number of thiazole rings is 1. The number of nitrogens with zero attached hydrogens (tertiary/aromatic N) is 3. The third-order valence-corrected chi connectivity index (χ3v) is 3.94. The fraction of sp³-hybridized carbons (Fsp3) is 0.636. The Morgan fingerprint density at radius 1 is 1.44 bits per heavy atom. The zero-order chi connectivity index (χ0) is 13.7. The van der Waals surface area contributed by atoms with Gasteiger partial charge in [0, 0.05) is 13.1 Å². The van der Waals surface area contributed by atoms with Crippen LogP contribution < -0.4 is 4.90 Å². The molecule has 1 aromatic rings. The van der Waals surface area contributed by atoms with Crippen LogP contribution in [0.2, 0.25) is 5.15 Å². The van der Waals surface area contributed by atoms with Crippen molar-refractivity contribution in [2.24, 2.45) is 0 Å². The first-order valence-corrected chi connectivity index (χ1v) is 6.94. The van der Waals surface area contributed by atoms with Crippen molar-refractivity contribution in [2.75, 3.05) is 38.6 Å². The molecule has 1 N–H and O–H groups in total. The lowest BCUT2D eigenvalue weighted by molar-refractivity contribution is 0.0702. The quantitative estimate of drug-likeness (QED) is 0.835. The molecule has 0 amide bonds. The van der Waals surface area contributed by atoms with Gasteiger partial charge in [-0.3, -0.25) is 0 Å². The average Bonchev–Trinajstić information content (AvgIpc) is 2.66. The lowest BCUT2D eigenvalue weighted by atomic mass is 10.4. The van der Waals surface area contributed by atoms with Gasteiger partial charge >= 0.3 is 5.97 Å². The standard InChI is InChI=1S/C11H18ClN3O2S/c1-4-15(7-5-6-14(2)3)11-13-9(12)8(18-11)10(16)17/h4-7H2,1-3H3,(H,16,17). The van der Waals surface area contributed by atoms with E-state index >= 15 is 0 Å². The molecular weight excluding hydrogens is 274 g/mol. The van der Waals surface area contributed by atoms with E-state index in [0.717, 1.165) is 37.4 Å². The summed E-state index contributed by atoms with van der Waals surface area (Å²) in [5.41, 5.74) is 0. The third kappa shape index (κ3) is 4.12. The summed E-state index contributed by atoms with van der Waals surface area (Å²) in [4.78, 5) is 19.3. The van der Waals surface area contributed by atoms with E-state index in [1.807, 2.05) is 25.9 Å². The largest absolute Gasteiger partial charge is 0.477 e. The minimum Gasteiger partial charge on any atom is -0.477 e. The number of aromatic carboxylic acids is 1. The smallest absolute Gasteiger partial charge is 0.349 e. The van der Waals surface area contributed by atoms with Crippen LogP contribution in [0.25, 0.3) is 0 Å². The van der Waals surface area contributed by atoms with E-state index in [0.29, 0.717) is 5.13 Å². The molecule has 7 heteroatoms. The molecule has 0 unspecified atom stereocenters. The van der Waals surface area contributed by atoms with Gasteiger partial charge in [0.2, 0.25) is 0 Å². The number of rotatable bonds is 7. The highest BCUT2D eigenvalue weighted by atomic mass is 35.5. The van der Waals surface area contributed by atoms with E-state index in [4.69, 9.17) is 16.7 Å². The molecule has 102 valence electrons. The van der Waals surface area contributed by atoms with E-state index in [-0.39, 0.29) is 10.0 Å². The molecule has 0 saturated heterocycles. The predicted molar refractivity (Wildman–Crippen MR) is 75.1 cm³/mol. The Morgan fingerprint density at radius 2 is 2.11 bits per heavy atom. The molecule has 0 spiro atoms. The summed E-state index contributed by atoms with van der Waals surface area (Å²) in [5.74, 6) is -1.02. The molecule has 0 atom stereocenters. The highest BCUT2D eigenvalue weighted by Crippen LogP contribution is 2.29. The van der Waals surface area contributed by atoms with Crippen molar-refractivity contribution >= 4 is 34.0 Å². The van der Waals surface area contributed by atoms with Crippen LogP contribution in [0.15, 0.2) is 0 Å². The fourth-order valence-electron chi connectivity index (χ4n) is 1.52. The molecular formula is C11H18ClN3O2S. The summed E-state index contributed by atoms with van der Waals surface area (Å²) < 4.78 is 0. The Bertz CT molecular complexity index is 409. The average molecular weight is 292 g/mol. The van der Waals surface area contributed by atoms with Crippen LogP contribution in [0.3, 0.4) is 0 Å². The Kier molecular flexibility index (Phi) is 5.84. The van der Waals surface area contributed by atoms with Crippen LogP contribution >= 0.6 is 22.9 Å². The minimum atomic E-state index is -1.02. The van der Waals surface area contributed by atoms with Gasteiger partial charge in [0.15, 0.2) is 15.2 Å². The predicted octanol–water partition coefficient (Wildman–Crippen LogP) is 2.27. The molecule has 0 fully saturated rings. The van der Waals surface area contributed by atoms with Crippen LogP contribution in [0.5, 0.6) is 0 Å². The number of carbonyl (C=O) groups is 1. The fourth-order valence-corrected chi connectivity index (χ4v) is 2.74. The zero-order valence-corrected chi connectivity index (χ0v) is 12.4. The van der Waals surface area contributed by atoms with E-state index in [1.54, 1.807) is 0 Å². The molecule has 0 aliphatic rings. The molecule has 5 nitrogen and oxygen atoms in total. The molecule has 1 rings (SSSR count). The van der Waals surface area contributed by atoms with Crippen LogP contribution in [0.4, 0.5) is 5.13 Å². The normalized spacial score (nSPS) is 10.9. The van der Waals surface area contributed by atoms with Gasteiger partial charge in [0.1, 0.15) is 0 Å². The molecule has 0 bridgehead atoms. The minimum absolute atomic E-state index is 0.0774. The number of carboxylic acids is 1. The van der Waals surface area contributed by atoms with Crippen molar-refractivity contribution in [3.8, 4) is 0 Å². The third-order valence-electron chi connectivity index (χ3n) is 2.45. The summed E-state index contributed by atoms with van der Waals surface area (Å²) in [6, 6.07) is 0. The molecule has 0 saturated carbocycles. The van der Waals surface area contributed by atoms with Crippen LogP contribution in [-0.2, 0) is 0 Å².